The zero-order chi connectivity index (χ0) is 16.4. The van der Waals surface area contributed by atoms with Crippen LogP contribution in [0.25, 0.3) is 10.9 Å². The van der Waals surface area contributed by atoms with Gasteiger partial charge in [0.2, 0.25) is 0 Å². The molecule has 10 heteroatoms. The van der Waals surface area contributed by atoms with Crippen LogP contribution in [-0.2, 0) is 10.0 Å². The second-order valence-corrected chi connectivity index (χ2v) is 6.93. The van der Waals surface area contributed by atoms with E-state index >= 15 is 0 Å². The average molecular weight is 350 g/mol. The van der Waals surface area contributed by atoms with E-state index < -0.39 is 16.1 Å². The van der Waals surface area contributed by atoms with Gasteiger partial charge in [-0.05, 0) is 24.3 Å². The molecule has 3 N–H and O–H groups in total. The summed E-state index contributed by atoms with van der Waals surface area (Å²) in [4.78, 5) is 18.8. The molecule has 1 amide bonds. The van der Waals surface area contributed by atoms with Crippen molar-refractivity contribution >= 4 is 49.2 Å². The lowest BCUT2D eigenvalue weighted by atomic mass is 10.2. The summed E-state index contributed by atoms with van der Waals surface area (Å²) in [5.74, 6) is 0. The third-order valence-corrected chi connectivity index (χ3v) is 5.13. The lowest BCUT2D eigenvalue weighted by molar-refractivity contribution is 0.210. The Bertz CT molecular complexity index is 971. The van der Waals surface area contributed by atoms with Gasteiger partial charge in [-0.25, -0.2) is 18.2 Å². The number of nitrogens with one attached hydrogen (secondary N) is 2. The number of sulfonamides is 1. The third-order valence-electron chi connectivity index (χ3n) is 2.91. The van der Waals surface area contributed by atoms with E-state index in [1.807, 2.05) is 0 Å². The molecule has 2 heterocycles. The molecule has 0 spiro atoms. The number of benzene rings is 1. The van der Waals surface area contributed by atoms with E-state index in [4.69, 9.17) is 5.11 Å². The molecule has 0 saturated carbocycles. The molecular weight excluding hydrogens is 340 g/mol. The van der Waals surface area contributed by atoms with Gasteiger partial charge in [-0.2, -0.15) is 0 Å². The lowest BCUT2D eigenvalue weighted by Crippen LogP contribution is -2.14. The van der Waals surface area contributed by atoms with Crippen molar-refractivity contribution < 1.29 is 18.3 Å². The largest absolute Gasteiger partial charge is 0.465 e. The monoisotopic (exact) mass is 350 g/mol. The van der Waals surface area contributed by atoms with E-state index in [2.05, 4.69) is 20.0 Å². The number of thiazole rings is 1. The van der Waals surface area contributed by atoms with Gasteiger partial charge in [0.25, 0.3) is 10.0 Å². The molecule has 0 radical (unpaired) electrons. The first-order valence-corrected chi connectivity index (χ1v) is 8.63. The van der Waals surface area contributed by atoms with E-state index in [1.54, 1.807) is 17.5 Å². The van der Waals surface area contributed by atoms with Crippen LogP contribution in [0.1, 0.15) is 0 Å². The summed E-state index contributed by atoms with van der Waals surface area (Å²) in [7, 11) is -3.87. The van der Waals surface area contributed by atoms with Gasteiger partial charge in [-0.1, -0.05) is 0 Å². The summed E-state index contributed by atoms with van der Waals surface area (Å²) in [6, 6.07) is 5.83. The average Bonchev–Trinajstić information content (AvgIpc) is 2.99. The van der Waals surface area contributed by atoms with Crippen molar-refractivity contribution in [3.8, 4) is 0 Å². The summed E-state index contributed by atoms with van der Waals surface area (Å²) in [6.45, 7) is 0. The first-order valence-electron chi connectivity index (χ1n) is 6.27. The predicted octanol–water partition coefficient (Wildman–Crippen LogP) is 2.58. The molecule has 8 nitrogen and oxygen atoms in total. The van der Waals surface area contributed by atoms with Gasteiger partial charge in [0.15, 0.2) is 5.13 Å². The Balaban J connectivity index is 2.13. The quantitative estimate of drug-likeness (QED) is 0.665. The Hall–Kier alpha value is -2.72. The van der Waals surface area contributed by atoms with Gasteiger partial charge in [-0.3, -0.25) is 15.0 Å². The van der Waals surface area contributed by atoms with Gasteiger partial charge < -0.3 is 5.11 Å². The van der Waals surface area contributed by atoms with Crippen LogP contribution in [-0.4, -0.2) is 29.6 Å². The number of hydrogen-bond donors (Lipinski definition) is 3. The first kappa shape index (κ1) is 15.2. The third kappa shape index (κ3) is 3.07. The number of amides is 1. The number of fused-ring (bicyclic) bond motifs is 1. The SMILES string of the molecule is O=C(O)Nc1ccc(S(=O)(=O)Nc2nccs2)c2cccnc12. The molecule has 1 aromatic carbocycles. The highest BCUT2D eigenvalue weighted by Crippen LogP contribution is 2.29. The molecule has 0 saturated heterocycles. The van der Waals surface area contributed by atoms with Crippen molar-refractivity contribution in [2.45, 2.75) is 4.90 Å². The van der Waals surface area contributed by atoms with E-state index in [-0.39, 0.29) is 21.2 Å². The van der Waals surface area contributed by atoms with Gasteiger partial charge >= 0.3 is 6.09 Å². The number of carboxylic acid groups (broad SMARTS) is 1. The maximum absolute atomic E-state index is 12.5. The molecule has 3 aromatic rings. The van der Waals surface area contributed by atoms with Crippen LogP contribution < -0.4 is 10.0 Å². The standard InChI is InChI=1S/C13H10N4O4S2/c18-13(19)16-9-3-4-10(8-2-1-5-14-11(8)9)23(20,21)17-12-15-6-7-22-12/h1-7,16H,(H,15,17)(H,18,19). The van der Waals surface area contributed by atoms with Crippen LogP contribution in [0.2, 0.25) is 0 Å². The predicted molar refractivity (Wildman–Crippen MR) is 86.3 cm³/mol. The normalized spacial score (nSPS) is 11.3. The number of nitrogens with zero attached hydrogens (tertiary/aromatic N) is 2. The van der Waals surface area contributed by atoms with E-state index in [1.165, 1.54) is 24.5 Å². The van der Waals surface area contributed by atoms with Crippen LogP contribution in [0.15, 0.2) is 46.9 Å². The summed E-state index contributed by atoms with van der Waals surface area (Å²) in [5, 5.41) is 13.3. The Labute approximate surface area is 134 Å². The molecule has 23 heavy (non-hydrogen) atoms. The number of rotatable bonds is 4. The molecule has 2 aromatic heterocycles. The van der Waals surface area contributed by atoms with Crippen LogP contribution in [0.4, 0.5) is 15.6 Å². The fourth-order valence-electron chi connectivity index (χ4n) is 2.04. The minimum absolute atomic E-state index is 0.00765. The molecule has 3 rings (SSSR count). The topological polar surface area (TPSA) is 121 Å². The lowest BCUT2D eigenvalue weighted by Gasteiger charge is -2.11. The molecule has 0 aliphatic heterocycles. The maximum Gasteiger partial charge on any atom is 0.409 e. The van der Waals surface area contributed by atoms with Crippen LogP contribution >= 0.6 is 11.3 Å². The molecule has 0 atom stereocenters. The molecule has 0 fully saturated rings. The molecule has 118 valence electrons. The smallest absolute Gasteiger partial charge is 0.409 e. The Kier molecular flexibility index (Phi) is 3.84. The van der Waals surface area contributed by atoms with Gasteiger partial charge in [-0.15, -0.1) is 11.3 Å². The van der Waals surface area contributed by atoms with Crippen molar-refractivity contribution in [3.63, 3.8) is 0 Å². The maximum atomic E-state index is 12.5. The van der Waals surface area contributed by atoms with E-state index in [0.717, 1.165) is 11.3 Å². The summed E-state index contributed by atoms with van der Waals surface area (Å²) >= 11 is 1.15. The highest BCUT2D eigenvalue weighted by Gasteiger charge is 2.20. The minimum Gasteiger partial charge on any atom is -0.465 e. The van der Waals surface area contributed by atoms with Crippen molar-refractivity contribution in [3.05, 3.63) is 42.0 Å². The van der Waals surface area contributed by atoms with E-state index in [9.17, 15) is 13.2 Å². The Morgan fingerprint density at radius 1 is 1.17 bits per heavy atom. The van der Waals surface area contributed by atoms with Crippen molar-refractivity contribution in [1.82, 2.24) is 9.97 Å². The summed E-state index contributed by atoms with van der Waals surface area (Å²) in [6.07, 6.45) is 1.69. The molecule has 0 aliphatic rings. The van der Waals surface area contributed by atoms with Crippen molar-refractivity contribution in [2.75, 3.05) is 10.0 Å². The fraction of sp³-hybridized carbons (Fsp3) is 0. The molecular formula is C13H10N4O4S2. The zero-order valence-corrected chi connectivity index (χ0v) is 13.1. The second-order valence-electron chi connectivity index (χ2n) is 4.38. The summed E-state index contributed by atoms with van der Waals surface area (Å²) < 4.78 is 27.5. The Morgan fingerprint density at radius 2 is 2.00 bits per heavy atom. The second kappa shape index (κ2) is 5.82. The van der Waals surface area contributed by atoms with Gasteiger partial charge in [0, 0.05) is 23.2 Å². The molecule has 0 bridgehead atoms. The first-order chi connectivity index (χ1) is 11.0. The minimum atomic E-state index is -3.87. The van der Waals surface area contributed by atoms with Crippen molar-refractivity contribution in [2.24, 2.45) is 0 Å². The summed E-state index contributed by atoms with van der Waals surface area (Å²) in [5.41, 5.74) is 0.457. The van der Waals surface area contributed by atoms with Gasteiger partial charge in [0.1, 0.15) is 0 Å². The molecule has 0 unspecified atom stereocenters. The van der Waals surface area contributed by atoms with E-state index in [0.29, 0.717) is 5.39 Å². The highest BCUT2D eigenvalue weighted by molar-refractivity contribution is 7.93. The molecule has 0 aliphatic carbocycles. The van der Waals surface area contributed by atoms with Crippen molar-refractivity contribution in [1.29, 1.82) is 0 Å². The highest BCUT2D eigenvalue weighted by atomic mass is 32.2. The Morgan fingerprint density at radius 3 is 2.70 bits per heavy atom. The number of pyridine rings is 1. The van der Waals surface area contributed by atoms with Crippen LogP contribution in [0.3, 0.4) is 0 Å². The number of aromatic nitrogens is 2. The zero-order valence-electron chi connectivity index (χ0n) is 11.4. The van der Waals surface area contributed by atoms with Crippen LogP contribution in [0.5, 0.6) is 0 Å². The fourth-order valence-corrected chi connectivity index (χ4v) is 4.03. The van der Waals surface area contributed by atoms with Gasteiger partial charge in [0.05, 0.1) is 16.1 Å². The number of carbonyl (C=O) groups is 1. The number of anilines is 2. The van der Waals surface area contributed by atoms with Crippen LogP contribution in [0, 0.1) is 0 Å². The number of hydrogen-bond acceptors (Lipinski definition) is 6.